The third-order valence-electron chi connectivity index (χ3n) is 3.94. The molecule has 0 N–H and O–H groups in total. The van der Waals surface area contributed by atoms with E-state index in [2.05, 4.69) is 4.99 Å². The molecule has 4 rings (SSSR count). The molecule has 0 saturated carbocycles. The normalized spacial score (nSPS) is 15.8. The largest absolute Gasteiger partial charge is 0.402 e. The first-order valence-electron chi connectivity index (χ1n) is 7.45. The second-order valence-electron chi connectivity index (χ2n) is 5.53. The number of nitrogens with zero attached hydrogens (tertiary/aromatic N) is 2. The third kappa shape index (κ3) is 2.41. The Kier molecular flexibility index (Phi) is 3.47. The van der Waals surface area contributed by atoms with E-state index in [0.29, 0.717) is 10.6 Å². The molecule has 1 aromatic heterocycles. The van der Waals surface area contributed by atoms with E-state index in [0.717, 1.165) is 16.5 Å². The number of benzene rings is 2. The number of halogens is 1. The summed E-state index contributed by atoms with van der Waals surface area (Å²) in [7, 11) is 1.97. The predicted octanol–water partition coefficient (Wildman–Crippen LogP) is 4.18. The molecule has 0 amide bonds. The van der Waals surface area contributed by atoms with Crippen LogP contribution in [0.15, 0.2) is 65.4 Å². The second kappa shape index (κ2) is 5.65. The van der Waals surface area contributed by atoms with Crippen molar-refractivity contribution in [2.45, 2.75) is 0 Å². The lowest BCUT2D eigenvalue weighted by molar-refractivity contribution is -0.129. The maximum atomic E-state index is 12.2. The Morgan fingerprint density at radius 1 is 1.12 bits per heavy atom. The first-order chi connectivity index (χ1) is 11.6. The fourth-order valence-electron chi connectivity index (χ4n) is 2.79. The Hall–Kier alpha value is -2.85. The smallest absolute Gasteiger partial charge is 0.363 e. The Labute approximate surface area is 143 Å². The van der Waals surface area contributed by atoms with E-state index in [9.17, 15) is 4.79 Å². The molecule has 0 aliphatic carbocycles. The number of hydrogen-bond acceptors (Lipinski definition) is 3. The highest BCUT2D eigenvalue weighted by Gasteiger charge is 2.25. The second-order valence-corrected chi connectivity index (χ2v) is 5.94. The van der Waals surface area contributed by atoms with Gasteiger partial charge in [-0.2, -0.15) is 0 Å². The summed E-state index contributed by atoms with van der Waals surface area (Å²) in [6, 6.07) is 15.1. The molecule has 3 aromatic rings. The van der Waals surface area contributed by atoms with E-state index < -0.39 is 5.97 Å². The number of aryl methyl sites for hydroxylation is 1. The predicted molar refractivity (Wildman–Crippen MR) is 95.0 cm³/mol. The first-order valence-corrected chi connectivity index (χ1v) is 7.83. The van der Waals surface area contributed by atoms with Crippen molar-refractivity contribution in [2.24, 2.45) is 12.0 Å². The SMILES string of the molecule is Cn1cc(/C=C2\N=C(c3ccccc3Cl)OC2=O)c2ccccc21. The minimum Gasteiger partial charge on any atom is -0.402 e. The zero-order chi connectivity index (χ0) is 16.7. The van der Waals surface area contributed by atoms with E-state index in [-0.39, 0.29) is 11.6 Å². The number of rotatable bonds is 2. The number of hydrogen-bond donors (Lipinski definition) is 0. The van der Waals surface area contributed by atoms with Crippen LogP contribution in [0.2, 0.25) is 5.02 Å². The van der Waals surface area contributed by atoms with E-state index in [1.807, 2.05) is 54.2 Å². The van der Waals surface area contributed by atoms with Crippen molar-refractivity contribution in [2.75, 3.05) is 0 Å². The van der Waals surface area contributed by atoms with Gasteiger partial charge in [0.15, 0.2) is 5.70 Å². The number of esters is 1. The standard InChI is InChI=1S/C19H13ClN2O2/c1-22-11-12(13-6-3-5-9-17(13)22)10-16-19(23)24-18(21-16)14-7-2-4-8-15(14)20/h2-11H,1H3/b16-10-. The first kappa shape index (κ1) is 14.7. The number of carbonyl (C=O) groups excluding carboxylic acids is 1. The summed E-state index contributed by atoms with van der Waals surface area (Å²) >= 11 is 6.15. The molecule has 2 aromatic carbocycles. The van der Waals surface area contributed by atoms with Gasteiger partial charge >= 0.3 is 5.97 Å². The van der Waals surface area contributed by atoms with Crippen LogP contribution in [-0.2, 0) is 16.6 Å². The van der Waals surface area contributed by atoms with Crippen LogP contribution in [0.4, 0.5) is 0 Å². The van der Waals surface area contributed by atoms with E-state index in [1.54, 1.807) is 18.2 Å². The van der Waals surface area contributed by atoms with Gasteiger partial charge in [-0.25, -0.2) is 9.79 Å². The van der Waals surface area contributed by atoms with Gasteiger partial charge in [-0.1, -0.05) is 41.9 Å². The van der Waals surface area contributed by atoms with Gasteiger partial charge in [0.1, 0.15) is 0 Å². The molecule has 0 saturated heterocycles. The highest BCUT2D eigenvalue weighted by Crippen LogP contribution is 2.26. The summed E-state index contributed by atoms with van der Waals surface area (Å²) < 4.78 is 7.30. The number of cyclic esters (lactones) is 1. The number of carbonyl (C=O) groups is 1. The fourth-order valence-corrected chi connectivity index (χ4v) is 3.01. The van der Waals surface area contributed by atoms with Gasteiger partial charge in [0, 0.05) is 29.7 Å². The fraction of sp³-hybridized carbons (Fsp3) is 0.0526. The molecule has 1 aliphatic rings. The number of aliphatic imine (C=N–C) groups is 1. The lowest BCUT2D eigenvalue weighted by atomic mass is 10.1. The summed E-state index contributed by atoms with van der Waals surface area (Å²) in [5, 5.41) is 1.55. The zero-order valence-electron chi connectivity index (χ0n) is 12.9. The lowest BCUT2D eigenvalue weighted by Crippen LogP contribution is -2.05. The van der Waals surface area contributed by atoms with E-state index in [4.69, 9.17) is 16.3 Å². The van der Waals surface area contributed by atoms with Crippen molar-refractivity contribution >= 4 is 40.4 Å². The third-order valence-corrected chi connectivity index (χ3v) is 4.27. The van der Waals surface area contributed by atoms with Gasteiger partial charge in [-0.05, 0) is 24.3 Å². The van der Waals surface area contributed by atoms with Crippen molar-refractivity contribution in [3.05, 3.63) is 76.6 Å². The Morgan fingerprint density at radius 2 is 1.88 bits per heavy atom. The van der Waals surface area contributed by atoms with Crippen molar-refractivity contribution in [1.82, 2.24) is 4.57 Å². The maximum Gasteiger partial charge on any atom is 0.363 e. The molecule has 118 valence electrons. The van der Waals surface area contributed by atoms with Crippen molar-refractivity contribution in [1.29, 1.82) is 0 Å². The van der Waals surface area contributed by atoms with Crippen LogP contribution in [0.25, 0.3) is 17.0 Å². The minimum absolute atomic E-state index is 0.233. The van der Waals surface area contributed by atoms with Crippen LogP contribution in [-0.4, -0.2) is 16.4 Å². The molecule has 24 heavy (non-hydrogen) atoms. The van der Waals surface area contributed by atoms with Crippen LogP contribution >= 0.6 is 11.6 Å². The van der Waals surface area contributed by atoms with Gasteiger partial charge < -0.3 is 9.30 Å². The van der Waals surface area contributed by atoms with Crippen LogP contribution in [0, 0.1) is 0 Å². The number of fused-ring (bicyclic) bond motifs is 1. The number of para-hydroxylation sites is 1. The Bertz CT molecular complexity index is 1030. The summed E-state index contributed by atoms with van der Waals surface area (Å²) in [6.45, 7) is 0. The van der Waals surface area contributed by atoms with Gasteiger partial charge in [-0.3, -0.25) is 0 Å². The molecular weight excluding hydrogens is 324 g/mol. The molecule has 5 heteroatoms. The average molecular weight is 337 g/mol. The van der Waals surface area contributed by atoms with Crippen molar-refractivity contribution in [3.8, 4) is 0 Å². The zero-order valence-corrected chi connectivity index (χ0v) is 13.6. The monoisotopic (exact) mass is 336 g/mol. The maximum absolute atomic E-state index is 12.2. The van der Waals surface area contributed by atoms with E-state index in [1.165, 1.54) is 0 Å². The highest BCUT2D eigenvalue weighted by molar-refractivity contribution is 6.34. The lowest BCUT2D eigenvalue weighted by Gasteiger charge is -2.00. The van der Waals surface area contributed by atoms with Crippen LogP contribution in [0.3, 0.4) is 0 Å². The van der Waals surface area contributed by atoms with Gasteiger partial charge in [-0.15, -0.1) is 0 Å². The molecule has 0 fully saturated rings. The number of aromatic nitrogens is 1. The number of ether oxygens (including phenoxy) is 1. The topological polar surface area (TPSA) is 43.6 Å². The minimum atomic E-state index is -0.474. The summed E-state index contributed by atoms with van der Waals surface area (Å²) in [5.41, 5.74) is 2.88. The molecule has 0 unspecified atom stereocenters. The molecular formula is C19H13ClN2O2. The molecule has 0 bridgehead atoms. The summed E-state index contributed by atoms with van der Waals surface area (Å²) in [4.78, 5) is 16.5. The molecule has 0 spiro atoms. The van der Waals surface area contributed by atoms with Gasteiger partial charge in [0.2, 0.25) is 5.90 Å². The Morgan fingerprint density at radius 3 is 2.71 bits per heavy atom. The molecule has 4 nitrogen and oxygen atoms in total. The average Bonchev–Trinajstić information content (AvgIpc) is 3.10. The van der Waals surface area contributed by atoms with Gasteiger partial charge in [0.25, 0.3) is 0 Å². The van der Waals surface area contributed by atoms with Crippen LogP contribution in [0.5, 0.6) is 0 Å². The molecule has 2 heterocycles. The van der Waals surface area contributed by atoms with Crippen molar-refractivity contribution < 1.29 is 9.53 Å². The molecule has 1 aliphatic heterocycles. The van der Waals surface area contributed by atoms with Crippen LogP contribution < -0.4 is 0 Å². The molecule has 0 atom stereocenters. The quantitative estimate of drug-likeness (QED) is 0.520. The summed E-state index contributed by atoms with van der Waals surface area (Å²) in [5.74, 6) is -0.241. The Balaban J connectivity index is 1.80. The van der Waals surface area contributed by atoms with Crippen molar-refractivity contribution in [3.63, 3.8) is 0 Å². The molecule has 0 radical (unpaired) electrons. The van der Waals surface area contributed by atoms with Crippen LogP contribution in [0.1, 0.15) is 11.1 Å². The summed E-state index contributed by atoms with van der Waals surface area (Å²) in [6.07, 6.45) is 3.71. The highest BCUT2D eigenvalue weighted by atomic mass is 35.5. The van der Waals surface area contributed by atoms with E-state index >= 15 is 0 Å². The van der Waals surface area contributed by atoms with Gasteiger partial charge in [0.05, 0.1) is 10.6 Å².